The first-order valence-electron chi connectivity index (χ1n) is 14.1. The van der Waals surface area contributed by atoms with Crippen molar-refractivity contribution in [1.82, 2.24) is 25.0 Å². The van der Waals surface area contributed by atoms with E-state index in [2.05, 4.69) is 16.1 Å². The van der Waals surface area contributed by atoms with Crippen molar-refractivity contribution in [1.29, 1.82) is 0 Å². The lowest BCUT2D eigenvalue weighted by molar-refractivity contribution is -0.126. The third-order valence-corrected chi connectivity index (χ3v) is 10.7. The topological polar surface area (TPSA) is 90.5 Å². The van der Waals surface area contributed by atoms with Gasteiger partial charge < -0.3 is 15.5 Å². The number of para-hydroxylation sites is 1. The van der Waals surface area contributed by atoms with Crippen LogP contribution in [0.15, 0.2) is 72.8 Å². The van der Waals surface area contributed by atoms with Crippen LogP contribution in [0.1, 0.15) is 29.5 Å². The minimum Gasteiger partial charge on any atom is -0.317 e. The smallest absolute Gasteiger partial charge is 0.317 e. The highest BCUT2D eigenvalue weighted by molar-refractivity contribution is 7.90. The lowest BCUT2D eigenvalue weighted by atomic mass is 9.75. The molecule has 44 heavy (non-hydrogen) atoms. The van der Waals surface area contributed by atoms with Crippen molar-refractivity contribution >= 4 is 69.6 Å². The van der Waals surface area contributed by atoms with Crippen molar-refractivity contribution in [3.8, 4) is 0 Å². The van der Waals surface area contributed by atoms with Crippen LogP contribution in [0.2, 0.25) is 10.0 Å². The first-order valence-corrected chi connectivity index (χ1v) is 16.7. The van der Waals surface area contributed by atoms with Crippen molar-refractivity contribution < 1.29 is 13.2 Å². The molecule has 240 valence electrons. The number of quaternary nitrogens is 1. The van der Waals surface area contributed by atoms with E-state index in [9.17, 15) is 13.2 Å². The minimum absolute atomic E-state index is 0. The molecule has 2 heterocycles. The number of hydrogen-bond donors (Lipinski definition) is 3. The zero-order valence-electron chi connectivity index (χ0n) is 24.8. The Kier molecular flexibility index (Phi) is 12.6. The first-order chi connectivity index (χ1) is 20.0. The largest absolute Gasteiger partial charge is 0.321 e. The van der Waals surface area contributed by atoms with Crippen LogP contribution < -0.4 is 20.1 Å². The number of likely N-dealkylation sites (N-methyl/N-ethyl adjacent to an activating group) is 1. The van der Waals surface area contributed by atoms with Gasteiger partial charge in [0.1, 0.15) is 12.6 Å². The van der Waals surface area contributed by atoms with Gasteiger partial charge in [-0.1, -0.05) is 81.8 Å². The number of fused-ring (bicyclic) bond motifs is 2. The quantitative estimate of drug-likeness (QED) is 0.256. The van der Waals surface area contributed by atoms with Gasteiger partial charge in [0, 0.05) is 31.3 Å². The molecule has 0 bridgehead atoms. The Morgan fingerprint density at radius 2 is 1.64 bits per heavy atom. The van der Waals surface area contributed by atoms with Crippen LogP contribution in [-0.4, -0.2) is 64.7 Å². The molecule has 1 saturated heterocycles. The third-order valence-electron chi connectivity index (χ3n) is 8.45. The zero-order chi connectivity index (χ0) is 30.0. The molecule has 3 aromatic rings. The van der Waals surface area contributed by atoms with E-state index < -0.39 is 20.1 Å². The molecule has 0 radical (unpaired) electrons. The fourth-order valence-corrected chi connectivity index (χ4v) is 7.88. The molecule has 0 aliphatic carbocycles. The predicted molar refractivity (Wildman–Crippen MR) is 184 cm³/mol. The van der Waals surface area contributed by atoms with Crippen molar-refractivity contribution in [2.24, 2.45) is 0 Å². The van der Waals surface area contributed by atoms with E-state index in [1.807, 2.05) is 78.7 Å². The summed E-state index contributed by atoms with van der Waals surface area (Å²) >= 11 is 12.3. The Bertz CT molecular complexity index is 1540. The van der Waals surface area contributed by atoms with Crippen LogP contribution in [0.5, 0.6) is 0 Å². The first kappa shape index (κ1) is 36.5. The Morgan fingerprint density at radius 3 is 2.30 bits per heavy atom. The summed E-state index contributed by atoms with van der Waals surface area (Å²) < 4.78 is 26.8. The van der Waals surface area contributed by atoms with Crippen LogP contribution in [0.3, 0.4) is 0 Å². The van der Waals surface area contributed by atoms with Crippen LogP contribution in [-0.2, 0) is 33.3 Å². The zero-order valence-corrected chi connectivity index (χ0v) is 28.7. The number of sulfonamides is 1. The van der Waals surface area contributed by atoms with Gasteiger partial charge in [-0.15, -0.1) is 24.8 Å². The number of nitrogens with one attached hydrogen (secondary N) is 3. The fraction of sp³-hybridized carbons (Fsp3) is 0.387. The van der Waals surface area contributed by atoms with E-state index in [-0.39, 0.29) is 42.7 Å². The summed E-state index contributed by atoms with van der Waals surface area (Å²) in [6, 6.07) is 22.3. The molecule has 2 aliphatic rings. The molecule has 2 atom stereocenters. The van der Waals surface area contributed by atoms with E-state index in [4.69, 9.17) is 23.2 Å². The molecule has 0 aromatic heterocycles. The molecule has 1 spiro atoms. The lowest BCUT2D eigenvalue weighted by Gasteiger charge is -2.37. The van der Waals surface area contributed by atoms with Gasteiger partial charge in [-0.3, -0.25) is 4.79 Å². The average molecular weight is 705 g/mol. The molecule has 2 unspecified atom stereocenters. The van der Waals surface area contributed by atoms with Gasteiger partial charge in [-0.2, -0.15) is 13.8 Å². The van der Waals surface area contributed by atoms with Crippen molar-refractivity contribution in [2.45, 2.75) is 37.4 Å². The molecule has 1 fully saturated rings. The molecule has 5 rings (SSSR count). The van der Waals surface area contributed by atoms with E-state index in [1.165, 1.54) is 6.26 Å². The van der Waals surface area contributed by atoms with E-state index >= 15 is 0 Å². The number of piperidine rings is 1. The Hall–Kier alpha value is -1.92. The van der Waals surface area contributed by atoms with E-state index in [1.54, 1.807) is 6.07 Å². The Morgan fingerprint density at radius 1 is 0.977 bits per heavy atom. The average Bonchev–Trinajstić information content (AvgIpc) is 3.23. The summed E-state index contributed by atoms with van der Waals surface area (Å²) in [7, 11) is -1.90. The second kappa shape index (κ2) is 15.1. The van der Waals surface area contributed by atoms with Crippen LogP contribution in [0.4, 0.5) is 5.69 Å². The third kappa shape index (κ3) is 7.71. The summed E-state index contributed by atoms with van der Waals surface area (Å²) in [5, 5.41) is 7.75. The molecule has 1 amide bonds. The summed E-state index contributed by atoms with van der Waals surface area (Å²) in [6.45, 7) is 3.17. The van der Waals surface area contributed by atoms with Gasteiger partial charge >= 0.3 is 10.0 Å². The van der Waals surface area contributed by atoms with E-state index in [0.717, 1.165) is 42.6 Å². The minimum atomic E-state index is -3.82. The second-order valence-corrected chi connectivity index (χ2v) is 14.4. The van der Waals surface area contributed by atoms with Crippen molar-refractivity contribution in [2.75, 3.05) is 39.5 Å². The number of benzene rings is 3. The van der Waals surface area contributed by atoms with Crippen LogP contribution >= 0.6 is 48.0 Å². The maximum atomic E-state index is 14.2. The number of carbonyl (C=O) groups excluding carboxylic acids is 1. The Balaban J connectivity index is 0.00000264. The standard InChI is InChI=1S/C31H37Cl2N5O3S.2ClH/c1-37(20-24-12-13-26(32)27(33)18-24)21-28(35-19-23-8-4-3-5-9-23)30(39)36-38(42(2,40)41)22-31(14-16-34-17-15-31)25-10-6-7-11-29(25)38;;/h3-13,18,28,34-35H,14-17,19-22H2,1-2H3;2*1H/p+1. The number of nitrogens with zero attached hydrogens (tertiary/aromatic N) is 2. The normalized spacial score (nSPS) is 19.5. The summed E-state index contributed by atoms with van der Waals surface area (Å²) in [5.74, 6) is -0.377. The van der Waals surface area contributed by atoms with Gasteiger partial charge in [-0.05, 0) is 56.2 Å². The second-order valence-electron chi connectivity index (χ2n) is 11.5. The molecule has 3 N–H and O–H groups in total. The molecular formula is C31H40Cl4N5O3S+. The SMILES string of the molecule is CN(Cc1ccc(Cl)c(Cl)c1)CC(NCc1ccccc1)C(=O)N[N+]1(S(C)(=O)=O)CC2(CCNCC2)c2ccccc21.Cl.Cl. The molecular weight excluding hydrogens is 664 g/mol. The van der Waals surface area contributed by atoms with Crippen LogP contribution in [0, 0.1) is 0 Å². The van der Waals surface area contributed by atoms with Gasteiger partial charge in [0.25, 0.3) is 5.91 Å². The number of hydrogen-bond acceptors (Lipinski definition) is 6. The number of rotatable bonds is 10. The van der Waals surface area contributed by atoms with E-state index in [0.29, 0.717) is 35.4 Å². The van der Waals surface area contributed by atoms with Gasteiger partial charge in [0.15, 0.2) is 5.69 Å². The fourth-order valence-electron chi connectivity index (χ4n) is 6.30. The van der Waals surface area contributed by atoms with Crippen LogP contribution in [0.25, 0.3) is 0 Å². The summed E-state index contributed by atoms with van der Waals surface area (Å²) in [4.78, 5) is 16.2. The monoisotopic (exact) mass is 702 g/mol. The number of carbonyl (C=O) groups is 1. The number of amides is 1. The molecule has 3 aromatic carbocycles. The Labute approximate surface area is 282 Å². The maximum Gasteiger partial charge on any atom is 0.321 e. The lowest BCUT2D eigenvalue weighted by Crippen LogP contribution is -2.68. The molecule has 8 nitrogen and oxygen atoms in total. The van der Waals surface area contributed by atoms with Crippen molar-refractivity contribution in [3.05, 3.63) is 99.5 Å². The highest BCUT2D eigenvalue weighted by Crippen LogP contribution is 2.50. The summed E-state index contributed by atoms with van der Waals surface area (Å²) in [6.07, 6.45) is 2.82. The predicted octanol–water partition coefficient (Wildman–Crippen LogP) is 5.06. The molecule has 0 saturated carbocycles. The van der Waals surface area contributed by atoms with Gasteiger partial charge in [0.05, 0.1) is 21.7 Å². The van der Waals surface area contributed by atoms with Crippen molar-refractivity contribution in [3.63, 3.8) is 0 Å². The molecule has 2 aliphatic heterocycles. The molecule has 13 heteroatoms. The summed E-state index contributed by atoms with van der Waals surface area (Å²) in [5.41, 5.74) is 6.31. The highest BCUT2D eigenvalue weighted by Gasteiger charge is 2.60. The highest BCUT2D eigenvalue weighted by atomic mass is 35.5. The maximum absolute atomic E-state index is 14.2. The van der Waals surface area contributed by atoms with Gasteiger partial charge in [0.2, 0.25) is 0 Å². The number of halogens is 4. The van der Waals surface area contributed by atoms with Gasteiger partial charge in [-0.25, -0.2) is 0 Å².